The molecule has 2 aliphatic rings. The summed E-state index contributed by atoms with van der Waals surface area (Å²) in [5.74, 6) is 2.32. The second-order valence-electron chi connectivity index (χ2n) is 8.64. The summed E-state index contributed by atoms with van der Waals surface area (Å²) in [7, 11) is 2.16. The maximum absolute atomic E-state index is 6.21. The van der Waals surface area contributed by atoms with Crippen molar-refractivity contribution in [1.29, 1.82) is 0 Å². The third-order valence-electron chi connectivity index (χ3n) is 6.43. The van der Waals surface area contributed by atoms with E-state index in [1.165, 1.54) is 44.9 Å². The number of aliphatic imine (C=N–C) groups is 1. The monoisotopic (exact) mass is 430 g/mol. The van der Waals surface area contributed by atoms with Gasteiger partial charge in [-0.05, 0) is 56.0 Å². The molecular weight excluding hydrogens is 396 g/mol. The van der Waals surface area contributed by atoms with E-state index in [2.05, 4.69) is 28.4 Å². The summed E-state index contributed by atoms with van der Waals surface area (Å²) in [6.45, 7) is 5.95. The Morgan fingerprint density at radius 1 is 1.09 bits per heavy atom. The van der Waals surface area contributed by atoms with Crippen molar-refractivity contribution < 1.29 is 0 Å². The molecule has 2 heterocycles. The minimum Gasteiger partial charge on any atom is -0.382 e. The topological polar surface area (TPSA) is 70.6 Å². The van der Waals surface area contributed by atoms with Crippen molar-refractivity contribution in [3.63, 3.8) is 0 Å². The quantitative estimate of drug-likeness (QED) is 0.396. The van der Waals surface area contributed by atoms with Gasteiger partial charge in [-0.25, -0.2) is 15.0 Å². The van der Waals surface area contributed by atoms with Gasteiger partial charge in [0.05, 0.1) is 11.0 Å². The minimum atomic E-state index is 0.432. The van der Waals surface area contributed by atoms with Crippen LogP contribution in [0.2, 0.25) is 0 Å². The van der Waals surface area contributed by atoms with Gasteiger partial charge >= 0.3 is 0 Å². The highest BCUT2D eigenvalue weighted by Gasteiger charge is 2.21. The number of para-hydroxylation sites is 2. The number of fused-ring (bicyclic) bond motifs is 1. The second-order valence-corrected chi connectivity index (χ2v) is 8.64. The van der Waals surface area contributed by atoms with Crippen LogP contribution in [0.5, 0.6) is 0 Å². The van der Waals surface area contributed by atoms with Crippen molar-refractivity contribution in [2.75, 3.05) is 25.9 Å². The molecule has 0 atom stereocenters. The molecule has 1 aromatic heterocycles. The summed E-state index contributed by atoms with van der Waals surface area (Å²) in [5, 5.41) is 0. The van der Waals surface area contributed by atoms with Gasteiger partial charge in [0.15, 0.2) is 0 Å². The van der Waals surface area contributed by atoms with Crippen LogP contribution in [0.3, 0.4) is 0 Å². The van der Waals surface area contributed by atoms with Crippen LogP contribution in [0.25, 0.3) is 17.1 Å². The summed E-state index contributed by atoms with van der Waals surface area (Å²) in [6.07, 6.45) is 16.6. The number of hydrogen-bond donors (Lipinski definition) is 1. The Hall–Kier alpha value is -3.15. The summed E-state index contributed by atoms with van der Waals surface area (Å²) in [5.41, 5.74) is 8.53. The van der Waals surface area contributed by atoms with Gasteiger partial charge in [0.1, 0.15) is 23.2 Å². The van der Waals surface area contributed by atoms with Gasteiger partial charge < -0.3 is 15.5 Å². The number of rotatable bonds is 6. The van der Waals surface area contributed by atoms with Crippen LogP contribution >= 0.6 is 0 Å². The molecule has 4 rings (SSSR count). The van der Waals surface area contributed by atoms with E-state index in [-0.39, 0.29) is 0 Å². The Bertz CT molecular complexity index is 1030. The number of nitrogens with two attached hydrogens (primary N) is 1. The molecule has 0 amide bonds. The normalized spacial score (nSPS) is 18.6. The van der Waals surface area contributed by atoms with Gasteiger partial charge in [-0.15, -0.1) is 0 Å². The number of hydrogen-bond acceptors (Lipinski definition) is 5. The first-order valence-electron chi connectivity index (χ1n) is 11.8. The Labute approximate surface area is 191 Å². The fourth-order valence-corrected chi connectivity index (χ4v) is 4.57. The fraction of sp³-hybridized carbons (Fsp3) is 0.423. The second kappa shape index (κ2) is 10.4. The highest BCUT2D eigenvalue weighted by molar-refractivity contribution is 5.97. The van der Waals surface area contributed by atoms with Crippen molar-refractivity contribution >= 4 is 28.8 Å². The van der Waals surface area contributed by atoms with Gasteiger partial charge in [0.25, 0.3) is 0 Å². The lowest BCUT2D eigenvalue weighted by Crippen LogP contribution is -2.34. The van der Waals surface area contributed by atoms with Crippen molar-refractivity contribution in [1.82, 2.24) is 19.8 Å². The number of anilines is 1. The predicted octanol–water partition coefficient (Wildman–Crippen LogP) is 5.01. The highest BCUT2D eigenvalue weighted by atomic mass is 15.3. The summed E-state index contributed by atoms with van der Waals surface area (Å²) >= 11 is 0. The van der Waals surface area contributed by atoms with Crippen LogP contribution in [0.4, 0.5) is 5.82 Å². The van der Waals surface area contributed by atoms with E-state index in [1.807, 2.05) is 48.6 Å². The molecular formula is C26H34N6. The number of likely N-dealkylation sites (tertiary alicyclic amines) is 1. The third kappa shape index (κ3) is 5.18. The molecule has 6 nitrogen and oxygen atoms in total. The SMILES string of the molecule is C=C\C=C(/N=C(/C=C/c1nc2ccccc2nc1N)N1CCCC1)N(C)C1CCCCC1. The zero-order valence-electron chi connectivity index (χ0n) is 19.1. The number of allylic oxidation sites excluding steroid dienone is 2. The summed E-state index contributed by atoms with van der Waals surface area (Å²) in [4.78, 5) is 19.0. The van der Waals surface area contributed by atoms with E-state index >= 15 is 0 Å². The maximum atomic E-state index is 6.21. The Balaban J connectivity index is 1.65. The zero-order valence-corrected chi connectivity index (χ0v) is 19.1. The van der Waals surface area contributed by atoms with E-state index in [1.54, 1.807) is 0 Å². The molecule has 32 heavy (non-hydrogen) atoms. The van der Waals surface area contributed by atoms with Crippen molar-refractivity contribution in [3.8, 4) is 0 Å². The van der Waals surface area contributed by atoms with E-state index in [4.69, 9.17) is 15.7 Å². The minimum absolute atomic E-state index is 0.432. The average Bonchev–Trinajstić information content (AvgIpc) is 3.36. The number of benzene rings is 1. The van der Waals surface area contributed by atoms with Crippen molar-refractivity contribution in [3.05, 3.63) is 60.6 Å². The molecule has 2 aromatic rings. The van der Waals surface area contributed by atoms with Crippen LogP contribution < -0.4 is 5.73 Å². The predicted molar refractivity (Wildman–Crippen MR) is 134 cm³/mol. The number of aromatic nitrogens is 2. The molecule has 6 heteroatoms. The Kier molecular flexibility index (Phi) is 7.20. The standard InChI is InChI=1S/C26H34N6/c1-3-11-24(31(2)20-12-5-4-6-13-20)30-25(32-18-9-10-19-32)17-16-23-26(27)29-22-15-8-7-14-21(22)28-23/h3,7-8,11,14-17,20H,1,4-6,9-10,12-13,18-19H2,2H3,(H2,27,29)/b17-16+,24-11+,30-25-. The molecule has 0 bridgehead atoms. The van der Waals surface area contributed by atoms with Crippen molar-refractivity contribution in [2.45, 2.75) is 51.0 Å². The lowest BCUT2D eigenvalue weighted by Gasteiger charge is -2.33. The number of nitrogen functional groups attached to an aromatic ring is 1. The van der Waals surface area contributed by atoms with Gasteiger partial charge in [0, 0.05) is 26.2 Å². The average molecular weight is 431 g/mol. The van der Waals surface area contributed by atoms with Crippen LogP contribution in [0.15, 0.2) is 59.9 Å². The zero-order chi connectivity index (χ0) is 22.3. The Morgan fingerprint density at radius 3 is 2.47 bits per heavy atom. The highest BCUT2D eigenvalue weighted by Crippen LogP contribution is 2.25. The first-order valence-corrected chi connectivity index (χ1v) is 11.8. The van der Waals surface area contributed by atoms with E-state index in [9.17, 15) is 0 Å². The van der Waals surface area contributed by atoms with Gasteiger partial charge in [-0.3, -0.25) is 0 Å². The molecule has 1 aromatic carbocycles. The van der Waals surface area contributed by atoms with E-state index < -0.39 is 0 Å². The summed E-state index contributed by atoms with van der Waals surface area (Å²) < 4.78 is 0. The molecule has 1 saturated carbocycles. The molecule has 1 aliphatic heterocycles. The van der Waals surface area contributed by atoms with Crippen LogP contribution in [-0.4, -0.2) is 51.8 Å². The molecule has 2 fully saturated rings. The van der Waals surface area contributed by atoms with Crippen molar-refractivity contribution in [2.24, 2.45) is 4.99 Å². The van der Waals surface area contributed by atoms with Crippen LogP contribution in [0.1, 0.15) is 50.6 Å². The van der Waals surface area contributed by atoms with E-state index in [0.29, 0.717) is 17.6 Å². The first-order chi connectivity index (χ1) is 15.7. The third-order valence-corrected chi connectivity index (χ3v) is 6.43. The summed E-state index contributed by atoms with van der Waals surface area (Å²) in [6, 6.07) is 8.32. The molecule has 168 valence electrons. The number of nitrogens with zero attached hydrogens (tertiary/aromatic N) is 5. The largest absolute Gasteiger partial charge is 0.382 e. The van der Waals surface area contributed by atoms with E-state index in [0.717, 1.165) is 35.8 Å². The lowest BCUT2D eigenvalue weighted by atomic mass is 9.94. The smallest absolute Gasteiger partial charge is 0.150 e. The lowest BCUT2D eigenvalue weighted by molar-refractivity contribution is 0.234. The van der Waals surface area contributed by atoms with Crippen LogP contribution in [-0.2, 0) is 0 Å². The van der Waals surface area contributed by atoms with Gasteiger partial charge in [-0.1, -0.05) is 44.1 Å². The maximum Gasteiger partial charge on any atom is 0.150 e. The Morgan fingerprint density at radius 2 is 1.78 bits per heavy atom. The molecule has 0 unspecified atom stereocenters. The molecule has 2 N–H and O–H groups in total. The van der Waals surface area contributed by atoms with Gasteiger partial charge in [0.2, 0.25) is 0 Å². The molecule has 1 aliphatic carbocycles. The molecule has 0 radical (unpaired) electrons. The first kappa shape index (κ1) is 22.1. The molecule has 0 spiro atoms. The van der Waals surface area contributed by atoms with Gasteiger partial charge in [-0.2, -0.15) is 0 Å². The number of amidine groups is 1. The fourth-order valence-electron chi connectivity index (χ4n) is 4.57. The van der Waals surface area contributed by atoms with Crippen LogP contribution in [0, 0.1) is 0 Å². The molecule has 1 saturated heterocycles.